The van der Waals surface area contributed by atoms with E-state index in [9.17, 15) is 9.59 Å². The van der Waals surface area contributed by atoms with Gasteiger partial charge < -0.3 is 10.4 Å². The fraction of sp³-hybridized carbons (Fsp3) is 0.154. The van der Waals surface area contributed by atoms with Gasteiger partial charge >= 0.3 is 5.97 Å². The molecule has 0 atom stereocenters. The first-order valence-electron chi connectivity index (χ1n) is 5.78. The minimum atomic E-state index is -1.13. The summed E-state index contributed by atoms with van der Waals surface area (Å²) in [7, 11) is 0. The molecule has 0 aliphatic rings. The number of rotatable bonds is 4. The van der Waals surface area contributed by atoms with Gasteiger partial charge in [-0.25, -0.2) is 4.79 Å². The first-order chi connectivity index (χ1) is 9.45. The van der Waals surface area contributed by atoms with E-state index < -0.39 is 5.97 Å². The van der Waals surface area contributed by atoms with E-state index in [0.29, 0.717) is 10.7 Å². The molecule has 0 saturated carbocycles. The highest BCUT2D eigenvalue weighted by Crippen LogP contribution is 2.19. The number of amides is 1. The second-order valence-corrected chi connectivity index (χ2v) is 4.62. The van der Waals surface area contributed by atoms with Crippen molar-refractivity contribution < 1.29 is 14.7 Å². The molecule has 0 saturated heterocycles. The molecule has 1 aromatic heterocycles. The molecule has 0 spiro atoms. The van der Waals surface area contributed by atoms with Gasteiger partial charge in [0.2, 0.25) is 5.91 Å². The number of aryl methyl sites for hydroxylation is 1. The van der Waals surface area contributed by atoms with Crippen LogP contribution in [0.4, 0.5) is 5.69 Å². The molecule has 6 nitrogen and oxygen atoms in total. The molecule has 2 N–H and O–H groups in total. The molecular formula is C13H12ClN3O3. The number of carboxylic acids is 1. The molecular weight excluding hydrogens is 282 g/mol. The number of hydrogen-bond donors (Lipinski definition) is 2. The summed E-state index contributed by atoms with van der Waals surface area (Å²) >= 11 is 5.96. The summed E-state index contributed by atoms with van der Waals surface area (Å²) in [5.41, 5.74) is 1.40. The fourth-order valence-corrected chi connectivity index (χ4v) is 1.76. The van der Waals surface area contributed by atoms with Crippen LogP contribution in [0.3, 0.4) is 0 Å². The van der Waals surface area contributed by atoms with Gasteiger partial charge in [0.15, 0.2) is 5.69 Å². The number of nitrogens with zero attached hydrogens (tertiary/aromatic N) is 2. The van der Waals surface area contributed by atoms with Crippen molar-refractivity contribution in [2.75, 3.05) is 5.32 Å². The van der Waals surface area contributed by atoms with E-state index >= 15 is 0 Å². The molecule has 1 heterocycles. The SMILES string of the molecule is Cc1ccc(NC(=O)Cn2ccc(C(=O)O)n2)cc1Cl. The van der Waals surface area contributed by atoms with Gasteiger partial charge in [0.1, 0.15) is 6.54 Å². The third-order valence-electron chi connectivity index (χ3n) is 2.62. The summed E-state index contributed by atoms with van der Waals surface area (Å²) in [6.45, 7) is 1.80. The Labute approximate surface area is 120 Å². The normalized spacial score (nSPS) is 10.3. The van der Waals surface area contributed by atoms with Gasteiger partial charge in [0.05, 0.1) is 0 Å². The molecule has 2 rings (SSSR count). The molecule has 0 radical (unpaired) electrons. The average Bonchev–Trinajstić information content (AvgIpc) is 2.82. The highest BCUT2D eigenvalue weighted by atomic mass is 35.5. The first-order valence-corrected chi connectivity index (χ1v) is 6.16. The predicted molar refractivity (Wildman–Crippen MR) is 74.0 cm³/mol. The Hall–Kier alpha value is -2.34. The van der Waals surface area contributed by atoms with Crippen LogP contribution in [0.15, 0.2) is 30.5 Å². The van der Waals surface area contributed by atoms with Crippen LogP contribution in [-0.2, 0) is 11.3 Å². The molecule has 0 bridgehead atoms. The minimum absolute atomic E-state index is 0.0707. The van der Waals surface area contributed by atoms with Crippen molar-refractivity contribution in [1.82, 2.24) is 9.78 Å². The van der Waals surface area contributed by atoms with E-state index in [1.807, 2.05) is 6.92 Å². The first kappa shape index (κ1) is 14.1. The number of aromatic nitrogens is 2. The summed E-state index contributed by atoms with van der Waals surface area (Å²) in [4.78, 5) is 22.5. The van der Waals surface area contributed by atoms with Gasteiger partial charge in [0.25, 0.3) is 0 Å². The van der Waals surface area contributed by atoms with Crippen LogP contribution in [-0.4, -0.2) is 26.8 Å². The highest BCUT2D eigenvalue weighted by molar-refractivity contribution is 6.31. The number of hydrogen-bond acceptors (Lipinski definition) is 3. The summed E-state index contributed by atoms with van der Waals surface area (Å²) in [5.74, 6) is -1.44. The van der Waals surface area contributed by atoms with Crippen LogP contribution in [0.1, 0.15) is 16.1 Å². The van der Waals surface area contributed by atoms with Gasteiger partial charge in [-0.1, -0.05) is 17.7 Å². The summed E-state index contributed by atoms with van der Waals surface area (Å²) in [5, 5.41) is 15.7. The van der Waals surface area contributed by atoms with E-state index in [1.165, 1.54) is 16.9 Å². The zero-order chi connectivity index (χ0) is 14.7. The van der Waals surface area contributed by atoms with Crippen molar-refractivity contribution in [3.8, 4) is 0 Å². The lowest BCUT2D eigenvalue weighted by Crippen LogP contribution is -2.19. The molecule has 20 heavy (non-hydrogen) atoms. The van der Waals surface area contributed by atoms with E-state index in [2.05, 4.69) is 10.4 Å². The average molecular weight is 294 g/mol. The number of anilines is 1. The van der Waals surface area contributed by atoms with Gasteiger partial charge in [-0.05, 0) is 30.7 Å². The standard InChI is InChI=1S/C13H12ClN3O3/c1-8-2-3-9(6-10(8)14)15-12(18)7-17-5-4-11(16-17)13(19)20/h2-6H,7H2,1H3,(H,15,18)(H,19,20). The van der Waals surface area contributed by atoms with E-state index in [4.69, 9.17) is 16.7 Å². The smallest absolute Gasteiger partial charge is 0.356 e. The molecule has 0 unspecified atom stereocenters. The largest absolute Gasteiger partial charge is 0.476 e. The monoisotopic (exact) mass is 293 g/mol. The van der Waals surface area contributed by atoms with Crippen LogP contribution in [0.25, 0.3) is 0 Å². The summed E-state index contributed by atoms with van der Waals surface area (Å²) < 4.78 is 1.26. The lowest BCUT2D eigenvalue weighted by atomic mass is 10.2. The zero-order valence-corrected chi connectivity index (χ0v) is 11.4. The number of halogens is 1. The van der Waals surface area contributed by atoms with Crippen LogP contribution >= 0.6 is 11.6 Å². The van der Waals surface area contributed by atoms with Crippen LogP contribution in [0.5, 0.6) is 0 Å². The molecule has 1 aromatic carbocycles. The minimum Gasteiger partial charge on any atom is -0.476 e. The van der Waals surface area contributed by atoms with Crippen LogP contribution in [0.2, 0.25) is 5.02 Å². The third-order valence-corrected chi connectivity index (χ3v) is 3.03. The van der Waals surface area contributed by atoms with Gasteiger partial charge in [-0.15, -0.1) is 0 Å². The second kappa shape index (κ2) is 5.75. The Bertz CT molecular complexity index is 667. The Kier molecular flexibility index (Phi) is 4.05. The number of carbonyl (C=O) groups is 2. The van der Waals surface area contributed by atoms with E-state index in [-0.39, 0.29) is 18.1 Å². The van der Waals surface area contributed by atoms with Gasteiger partial charge in [-0.2, -0.15) is 5.10 Å². The maximum atomic E-state index is 11.8. The maximum absolute atomic E-state index is 11.8. The number of carbonyl (C=O) groups excluding carboxylic acids is 1. The van der Waals surface area contributed by atoms with Crippen molar-refractivity contribution in [3.63, 3.8) is 0 Å². The number of nitrogens with one attached hydrogen (secondary N) is 1. The van der Waals surface area contributed by atoms with E-state index in [0.717, 1.165) is 5.56 Å². The molecule has 1 amide bonds. The summed E-state index contributed by atoms with van der Waals surface area (Å²) in [6, 6.07) is 6.53. The lowest BCUT2D eigenvalue weighted by molar-refractivity contribution is -0.116. The molecule has 7 heteroatoms. The van der Waals surface area contributed by atoms with Crippen LogP contribution in [0, 0.1) is 6.92 Å². The Morgan fingerprint density at radius 1 is 1.40 bits per heavy atom. The lowest BCUT2D eigenvalue weighted by Gasteiger charge is -2.07. The third kappa shape index (κ3) is 3.36. The number of benzene rings is 1. The predicted octanol–water partition coefficient (Wildman–Crippen LogP) is 2.18. The number of carboxylic acid groups (broad SMARTS) is 1. The van der Waals surface area contributed by atoms with Crippen LogP contribution < -0.4 is 5.32 Å². The number of aromatic carboxylic acids is 1. The Balaban J connectivity index is 2.01. The Morgan fingerprint density at radius 3 is 2.75 bits per heavy atom. The Morgan fingerprint density at radius 2 is 2.15 bits per heavy atom. The zero-order valence-electron chi connectivity index (χ0n) is 10.6. The molecule has 2 aromatic rings. The fourth-order valence-electron chi connectivity index (χ4n) is 1.58. The van der Waals surface area contributed by atoms with Crippen molar-refractivity contribution in [2.45, 2.75) is 13.5 Å². The molecule has 0 aliphatic heterocycles. The van der Waals surface area contributed by atoms with E-state index in [1.54, 1.807) is 18.2 Å². The summed E-state index contributed by atoms with van der Waals surface area (Å²) in [6.07, 6.45) is 1.44. The molecule has 0 fully saturated rings. The van der Waals surface area contributed by atoms with Crippen molar-refractivity contribution in [2.24, 2.45) is 0 Å². The van der Waals surface area contributed by atoms with Gasteiger partial charge in [0, 0.05) is 16.9 Å². The van der Waals surface area contributed by atoms with Crippen molar-refractivity contribution in [1.29, 1.82) is 0 Å². The quantitative estimate of drug-likeness (QED) is 0.905. The van der Waals surface area contributed by atoms with Gasteiger partial charge in [-0.3, -0.25) is 9.48 Å². The molecule has 0 aliphatic carbocycles. The van der Waals surface area contributed by atoms with Crippen molar-refractivity contribution in [3.05, 3.63) is 46.7 Å². The second-order valence-electron chi connectivity index (χ2n) is 4.22. The maximum Gasteiger partial charge on any atom is 0.356 e. The van der Waals surface area contributed by atoms with Crippen molar-refractivity contribution >= 4 is 29.2 Å². The topological polar surface area (TPSA) is 84.2 Å². The molecule has 104 valence electrons. The highest BCUT2D eigenvalue weighted by Gasteiger charge is 2.09.